The number of para-hydroxylation sites is 1. The van der Waals surface area contributed by atoms with E-state index in [0.29, 0.717) is 16.8 Å². The first-order valence-electron chi connectivity index (χ1n) is 5.57. The summed E-state index contributed by atoms with van der Waals surface area (Å²) in [6.45, 7) is -0.163. The first-order chi connectivity index (χ1) is 9.11. The number of hydrogen-bond donors (Lipinski definition) is 2. The van der Waals surface area contributed by atoms with Gasteiger partial charge in [-0.15, -0.1) is 0 Å². The number of aliphatic hydroxyl groups is 1. The van der Waals surface area contributed by atoms with Crippen LogP contribution in [-0.4, -0.2) is 11.0 Å². The predicted molar refractivity (Wildman–Crippen MR) is 74.4 cm³/mol. The molecule has 0 saturated heterocycles. The molecule has 0 heterocycles. The van der Waals surface area contributed by atoms with Crippen LogP contribution >= 0.6 is 15.9 Å². The minimum atomic E-state index is -0.424. The molecule has 0 spiro atoms. The molecule has 0 radical (unpaired) electrons. The highest BCUT2D eigenvalue weighted by Gasteiger charge is 2.10. The molecule has 0 bridgehead atoms. The fraction of sp³-hybridized carbons (Fsp3) is 0.0714. The van der Waals surface area contributed by atoms with Gasteiger partial charge in [0.2, 0.25) is 0 Å². The average Bonchev–Trinajstić information content (AvgIpc) is 2.42. The number of amides is 1. The zero-order valence-corrected chi connectivity index (χ0v) is 11.4. The molecule has 2 aromatic carbocycles. The van der Waals surface area contributed by atoms with Crippen LogP contribution in [0.15, 0.2) is 46.9 Å². The summed E-state index contributed by atoms with van der Waals surface area (Å²) in [5.74, 6) is -0.783. The Labute approximate surface area is 118 Å². The maximum absolute atomic E-state index is 13.1. The second kappa shape index (κ2) is 5.95. The summed E-state index contributed by atoms with van der Waals surface area (Å²) in [4.78, 5) is 12.0. The molecular formula is C14H11BrFNO2. The molecule has 3 nitrogen and oxygen atoms in total. The van der Waals surface area contributed by atoms with E-state index in [1.807, 2.05) is 0 Å². The Morgan fingerprint density at radius 3 is 2.68 bits per heavy atom. The number of aliphatic hydroxyl groups excluding tert-OH is 1. The lowest BCUT2D eigenvalue weighted by atomic mass is 10.1. The maximum atomic E-state index is 13.1. The van der Waals surface area contributed by atoms with Gasteiger partial charge < -0.3 is 10.4 Å². The highest BCUT2D eigenvalue weighted by molar-refractivity contribution is 9.10. The van der Waals surface area contributed by atoms with E-state index in [2.05, 4.69) is 21.2 Å². The summed E-state index contributed by atoms with van der Waals surface area (Å²) in [7, 11) is 0. The topological polar surface area (TPSA) is 49.3 Å². The third-order valence-electron chi connectivity index (χ3n) is 2.62. The van der Waals surface area contributed by atoms with Gasteiger partial charge in [-0.05, 0) is 40.2 Å². The molecule has 0 aliphatic carbocycles. The van der Waals surface area contributed by atoms with E-state index >= 15 is 0 Å². The van der Waals surface area contributed by atoms with Gasteiger partial charge in [0.1, 0.15) is 5.82 Å². The van der Waals surface area contributed by atoms with E-state index in [9.17, 15) is 14.3 Å². The predicted octanol–water partition coefficient (Wildman–Crippen LogP) is 3.33. The molecule has 0 aromatic heterocycles. The molecule has 19 heavy (non-hydrogen) atoms. The Hall–Kier alpha value is -1.72. The third kappa shape index (κ3) is 3.19. The molecule has 2 aromatic rings. The molecule has 0 fully saturated rings. The normalized spacial score (nSPS) is 10.3. The summed E-state index contributed by atoms with van der Waals surface area (Å²) in [5.41, 5.74) is 1.49. The van der Waals surface area contributed by atoms with Crippen molar-refractivity contribution in [2.24, 2.45) is 0 Å². The Balaban J connectivity index is 2.23. The van der Waals surface area contributed by atoms with Crippen molar-refractivity contribution in [2.45, 2.75) is 6.61 Å². The van der Waals surface area contributed by atoms with Crippen molar-refractivity contribution in [1.82, 2.24) is 0 Å². The largest absolute Gasteiger partial charge is 0.392 e. The van der Waals surface area contributed by atoms with E-state index in [1.54, 1.807) is 24.3 Å². The molecule has 0 aliphatic rings. The van der Waals surface area contributed by atoms with Crippen LogP contribution < -0.4 is 5.32 Å². The maximum Gasteiger partial charge on any atom is 0.255 e. The van der Waals surface area contributed by atoms with Crippen molar-refractivity contribution in [2.75, 3.05) is 5.32 Å². The van der Waals surface area contributed by atoms with E-state index in [0.717, 1.165) is 0 Å². The van der Waals surface area contributed by atoms with Gasteiger partial charge in [-0.25, -0.2) is 4.39 Å². The van der Waals surface area contributed by atoms with Crippen molar-refractivity contribution >= 4 is 27.5 Å². The average molecular weight is 324 g/mol. The van der Waals surface area contributed by atoms with E-state index in [1.165, 1.54) is 18.2 Å². The first-order valence-corrected chi connectivity index (χ1v) is 6.36. The van der Waals surface area contributed by atoms with Gasteiger partial charge >= 0.3 is 0 Å². The minimum Gasteiger partial charge on any atom is -0.392 e. The summed E-state index contributed by atoms with van der Waals surface area (Å²) in [6.07, 6.45) is 0. The van der Waals surface area contributed by atoms with Gasteiger partial charge in [0.05, 0.1) is 11.1 Å². The summed E-state index contributed by atoms with van der Waals surface area (Å²) < 4.78 is 13.3. The monoisotopic (exact) mass is 323 g/mol. The first kappa shape index (κ1) is 13.7. The molecule has 2 N–H and O–H groups in total. The highest BCUT2D eigenvalue weighted by atomic mass is 79.9. The van der Waals surface area contributed by atoms with Gasteiger partial charge in [0.25, 0.3) is 5.91 Å². The van der Waals surface area contributed by atoms with Crippen LogP contribution in [0.3, 0.4) is 0 Å². The Kier molecular flexibility index (Phi) is 4.29. The molecule has 0 atom stereocenters. The number of hydrogen-bond acceptors (Lipinski definition) is 2. The van der Waals surface area contributed by atoms with Crippen molar-refractivity contribution < 1.29 is 14.3 Å². The molecular weight excluding hydrogens is 313 g/mol. The Morgan fingerprint density at radius 1 is 1.26 bits per heavy atom. The number of carbonyl (C=O) groups excluding carboxylic acids is 1. The molecule has 98 valence electrons. The van der Waals surface area contributed by atoms with Crippen molar-refractivity contribution in [3.8, 4) is 0 Å². The van der Waals surface area contributed by atoms with E-state index in [-0.39, 0.29) is 17.0 Å². The van der Waals surface area contributed by atoms with Crippen LogP contribution in [0.4, 0.5) is 10.1 Å². The molecule has 0 saturated carbocycles. The third-order valence-corrected chi connectivity index (χ3v) is 3.23. The molecule has 1 amide bonds. The van der Waals surface area contributed by atoms with Gasteiger partial charge in [0, 0.05) is 16.8 Å². The number of carbonyl (C=O) groups is 1. The Bertz CT molecular complexity index is 616. The summed E-state index contributed by atoms with van der Waals surface area (Å²) in [6, 6.07) is 11.0. The number of anilines is 1. The van der Waals surface area contributed by atoms with Gasteiger partial charge in [-0.3, -0.25) is 4.79 Å². The smallest absolute Gasteiger partial charge is 0.255 e. The number of rotatable bonds is 3. The van der Waals surface area contributed by atoms with Crippen molar-refractivity contribution in [3.05, 3.63) is 63.9 Å². The lowest BCUT2D eigenvalue weighted by molar-refractivity contribution is 0.102. The molecule has 0 unspecified atom stereocenters. The van der Waals surface area contributed by atoms with Crippen molar-refractivity contribution in [3.63, 3.8) is 0 Å². The fourth-order valence-corrected chi connectivity index (χ4v) is 1.99. The van der Waals surface area contributed by atoms with Gasteiger partial charge in [-0.2, -0.15) is 0 Å². The Morgan fingerprint density at radius 2 is 2.00 bits per heavy atom. The number of halogens is 2. The van der Waals surface area contributed by atoms with Crippen LogP contribution in [0, 0.1) is 5.82 Å². The highest BCUT2D eigenvalue weighted by Crippen LogP contribution is 2.19. The lowest BCUT2D eigenvalue weighted by Gasteiger charge is -2.09. The van der Waals surface area contributed by atoms with E-state index < -0.39 is 5.82 Å². The zero-order valence-electron chi connectivity index (χ0n) is 9.86. The molecule has 2 rings (SSSR count). The minimum absolute atomic E-state index is 0.163. The van der Waals surface area contributed by atoms with Crippen LogP contribution in [0.5, 0.6) is 0 Å². The zero-order chi connectivity index (χ0) is 13.8. The molecule has 5 heteroatoms. The summed E-state index contributed by atoms with van der Waals surface area (Å²) >= 11 is 3.03. The van der Waals surface area contributed by atoms with Crippen LogP contribution in [-0.2, 0) is 6.61 Å². The van der Waals surface area contributed by atoms with Crippen molar-refractivity contribution in [1.29, 1.82) is 0 Å². The SMILES string of the molecule is O=C(Nc1ccccc1CO)c1ccc(F)c(Br)c1. The fourth-order valence-electron chi connectivity index (χ4n) is 1.61. The van der Waals surface area contributed by atoms with Gasteiger partial charge in [0.15, 0.2) is 0 Å². The second-order valence-corrected chi connectivity index (χ2v) is 4.75. The van der Waals surface area contributed by atoms with Crippen LogP contribution in [0.2, 0.25) is 0 Å². The van der Waals surface area contributed by atoms with Gasteiger partial charge in [-0.1, -0.05) is 18.2 Å². The lowest BCUT2D eigenvalue weighted by Crippen LogP contribution is -2.13. The number of nitrogens with one attached hydrogen (secondary N) is 1. The van der Waals surface area contributed by atoms with Crippen LogP contribution in [0.1, 0.15) is 15.9 Å². The summed E-state index contributed by atoms with van der Waals surface area (Å²) in [5, 5.41) is 11.9. The standard InChI is InChI=1S/C14H11BrFNO2/c15-11-7-9(5-6-12(11)16)14(19)17-13-4-2-1-3-10(13)8-18/h1-7,18H,8H2,(H,17,19). The van der Waals surface area contributed by atoms with Crippen LogP contribution in [0.25, 0.3) is 0 Å². The number of benzene rings is 2. The van der Waals surface area contributed by atoms with E-state index in [4.69, 9.17) is 0 Å². The second-order valence-electron chi connectivity index (χ2n) is 3.90. The molecule has 0 aliphatic heterocycles. The quantitative estimate of drug-likeness (QED) is 0.910.